The molecule has 0 spiro atoms. The number of carboxylic acid groups (broad SMARTS) is 1. The summed E-state index contributed by atoms with van der Waals surface area (Å²) in [6, 6.07) is -0.943. The number of nitrogens with one attached hydrogen (secondary N) is 1. The van der Waals surface area contributed by atoms with Crippen molar-refractivity contribution >= 4 is 11.9 Å². The minimum Gasteiger partial charge on any atom is -0.480 e. The second-order valence-corrected chi connectivity index (χ2v) is 2.91. The van der Waals surface area contributed by atoms with Crippen molar-refractivity contribution in [1.82, 2.24) is 5.43 Å². The molecule has 0 aromatic rings. The SMILES string of the molecule is NC(N)=NCCCC[C@H](NN=O)C(=O)O. The number of nitroso groups, excluding NO2 is 1. The standard InChI is InChI=1S/C7H15N5O3/c8-7(9)10-4-2-1-3-5(6(13)14)11-12-15/h5H,1-4H2,(H,11,15)(H,13,14)(H4,8,9,10)/t5-/m0/s1. The quantitative estimate of drug-likeness (QED) is 0.137. The molecular weight excluding hydrogens is 202 g/mol. The number of hydrogen-bond donors (Lipinski definition) is 4. The van der Waals surface area contributed by atoms with Gasteiger partial charge in [-0.3, -0.25) is 10.4 Å². The first-order valence-electron chi connectivity index (χ1n) is 4.44. The molecule has 8 heteroatoms. The molecule has 0 aliphatic rings. The summed E-state index contributed by atoms with van der Waals surface area (Å²) in [7, 11) is 0. The van der Waals surface area contributed by atoms with E-state index in [0.717, 1.165) is 0 Å². The summed E-state index contributed by atoms with van der Waals surface area (Å²) in [4.78, 5) is 24.1. The fourth-order valence-electron chi connectivity index (χ4n) is 0.975. The first kappa shape index (κ1) is 13.1. The van der Waals surface area contributed by atoms with Crippen LogP contribution in [0.15, 0.2) is 10.3 Å². The molecule has 0 saturated carbocycles. The van der Waals surface area contributed by atoms with E-state index in [4.69, 9.17) is 16.6 Å². The third-order valence-corrected chi connectivity index (χ3v) is 1.70. The van der Waals surface area contributed by atoms with Crippen molar-refractivity contribution in [2.75, 3.05) is 6.54 Å². The van der Waals surface area contributed by atoms with E-state index in [-0.39, 0.29) is 5.96 Å². The van der Waals surface area contributed by atoms with Crippen LogP contribution in [0.2, 0.25) is 0 Å². The highest BCUT2D eigenvalue weighted by Crippen LogP contribution is 2.01. The van der Waals surface area contributed by atoms with Crippen LogP contribution in [0.25, 0.3) is 0 Å². The van der Waals surface area contributed by atoms with Gasteiger partial charge in [-0.1, -0.05) is 0 Å². The van der Waals surface area contributed by atoms with E-state index in [9.17, 15) is 9.70 Å². The third-order valence-electron chi connectivity index (χ3n) is 1.70. The van der Waals surface area contributed by atoms with Gasteiger partial charge in [0.1, 0.15) is 6.04 Å². The average molecular weight is 217 g/mol. The highest BCUT2D eigenvalue weighted by Gasteiger charge is 2.15. The molecule has 0 radical (unpaired) electrons. The first-order chi connectivity index (χ1) is 7.07. The topological polar surface area (TPSA) is 143 Å². The van der Waals surface area contributed by atoms with Gasteiger partial charge in [0, 0.05) is 6.54 Å². The molecule has 15 heavy (non-hydrogen) atoms. The number of rotatable bonds is 8. The molecule has 86 valence electrons. The van der Waals surface area contributed by atoms with Gasteiger partial charge in [0.05, 0.1) is 5.29 Å². The van der Waals surface area contributed by atoms with Crippen molar-refractivity contribution in [3.05, 3.63) is 4.91 Å². The summed E-state index contributed by atoms with van der Waals surface area (Å²) in [5.74, 6) is -1.09. The van der Waals surface area contributed by atoms with Gasteiger partial charge in [0.15, 0.2) is 5.96 Å². The minimum absolute atomic E-state index is 0.0115. The van der Waals surface area contributed by atoms with Gasteiger partial charge < -0.3 is 16.6 Å². The maximum atomic E-state index is 10.5. The normalized spacial score (nSPS) is 11.5. The van der Waals surface area contributed by atoms with E-state index in [1.165, 1.54) is 0 Å². The molecule has 6 N–H and O–H groups in total. The number of aliphatic carboxylic acids is 1. The van der Waals surface area contributed by atoms with Gasteiger partial charge >= 0.3 is 5.97 Å². The molecule has 0 aromatic carbocycles. The molecule has 0 bridgehead atoms. The van der Waals surface area contributed by atoms with Crippen LogP contribution in [0.3, 0.4) is 0 Å². The predicted molar refractivity (Wildman–Crippen MR) is 54.9 cm³/mol. The van der Waals surface area contributed by atoms with E-state index in [2.05, 4.69) is 10.3 Å². The van der Waals surface area contributed by atoms with Gasteiger partial charge in [-0.15, -0.1) is 4.91 Å². The van der Waals surface area contributed by atoms with Crippen LogP contribution in [-0.4, -0.2) is 29.6 Å². The molecule has 0 aliphatic heterocycles. The number of carbonyl (C=O) groups is 1. The lowest BCUT2D eigenvalue weighted by atomic mass is 10.1. The molecular formula is C7H15N5O3. The molecule has 0 amide bonds. The molecule has 8 nitrogen and oxygen atoms in total. The second-order valence-electron chi connectivity index (χ2n) is 2.91. The van der Waals surface area contributed by atoms with E-state index >= 15 is 0 Å². The summed E-state index contributed by atoms with van der Waals surface area (Å²) in [5, 5.41) is 11.0. The number of hydrogen-bond acceptors (Lipinski definition) is 4. The lowest BCUT2D eigenvalue weighted by molar-refractivity contribution is -0.139. The molecule has 0 fully saturated rings. The van der Waals surface area contributed by atoms with Crippen LogP contribution in [0.5, 0.6) is 0 Å². The lowest BCUT2D eigenvalue weighted by Crippen LogP contribution is -2.32. The maximum Gasteiger partial charge on any atom is 0.327 e. The minimum atomic E-state index is -1.10. The first-order valence-corrected chi connectivity index (χ1v) is 4.44. The summed E-state index contributed by atoms with van der Waals surface area (Å²) < 4.78 is 0. The summed E-state index contributed by atoms with van der Waals surface area (Å²) >= 11 is 0. The monoisotopic (exact) mass is 217 g/mol. The molecule has 0 aromatic heterocycles. The highest BCUT2D eigenvalue weighted by atomic mass is 16.4. The summed E-state index contributed by atoms with van der Waals surface area (Å²) in [5.41, 5.74) is 12.2. The van der Waals surface area contributed by atoms with Crippen molar-refractivity contribution < 1.29 is 9.90 Å². The van der Waals surface area contributed by atoms with Crippen molar-refractivity contribution in [2.45, 2.75) is 25.3 Å². The zero-order valence-electron chi connectivity index (χ0n) is 8.22. The fraction of sp³-hybridized carbons (Fsp3) is 0.714. The third kappa shape index (κ3) is 7.23. The Balaban J connectivity index is 3.67. The van der Waals surface area contributed by atoms with E-state index < -0.39 is 12.0 Å². The van der Waals surface area contributed by atoms with Crippen molar-refractivity contribution in [2.24, 2.45) is 21.7 Å². The number of aliphatic imine (C=N–C) groups is 1. The summed E-state index contributed by atoms with van der Waals surface area (Å²) in [6.07, 6.45) is 1.56. The van der Waals surface area contributed by atoms with E-state index in [0.29, 0.717) is 25.8 Å². The van der Waals surface area contributed by atoms with Crippen molar-refractivity contribution in [1.29, 1.82) is 0 Å². The zero-order valence-corrected chi connectivity index (χ0v) is 8.22. The molecule has 0 aliphatic carbocycles. The lowest BCUT2D eigenvalue weighted by Gasteiger charge is -2.08. The molecule has 0 heterocycles. The molecule has 0 unspecified atom stereocenters. The Kier molecular flexibility index (Phi) is 6.60. The Hall–Kier alpha value is -1.86. The van der Waals surface area contributed by atoms with Crippen molar-refractivity contribution in [3.63, 3.8) is 0 Å². The number of guanidine groups is 1. The molecule has 1 atom stereocenters. The number of nitrogens with two attached hydrogens (primary N) is 2. The number of nitrogens with zero attached hydrogens (tertiary/aromatic N) is 2. The van der Waals surface area contributed by atoms with Gasteiger partial charge in [-0.2, -0.15) is 0 Å². The van der Waals surface area contributed by atoms with Gasteiger partial charge in [-0.25, -0.2) is 4.79 Å². The summed E-state index contributed by atoms with van der Waals surface area (Å²) in [6.45, 7) is 0.448. The average Bonchev–Trinajstić information content (AvgIpc) is 2.15. The van der Waals surface area contributed by atoms with Crippen molar-refractivity contribution in [3.8, 4) is 0 Å². The molecule has 0 saturated heterocycles. The van der Waals surface area contributed by atoms with Crippen LogP contribution in [0, 0.1) is 4.91 Å². The van der Waals surface area contributed by atoms with Gasteiger partial charge in [0.25, 0.3) is 0 Å². The highest BCUT2D eigenvalue weighted by molar-refractivity contribution is 5.75. The predicted octanol–water partition coefficient (Wildman–Crippen LogP) is -0.846. The fourth-order valence-corrected chi connectivity index (χ4v) is 0.975. The van der Waals surface area contributed by atoms with E-state index in [1.807, 2.05) is 5.43 Å². The van der Waals surface area contributed by atoms with E-state index in [1.54, 1.807) is 0 Å². The molecule has 0 rings (SSSR count). The zero-order chi connectivity index (χ0) is 11.7. The Bertz CT molecular complexity index is 239. The number of unbranched alkanes of at least 4 members (excludes halogenated alkanes) is 1. The Morgan fingerprint density at radius 1 is 1.40 bits per heavy atom. The number of carboxylic acids is 1. The maximum absolute atomic E-state index is 10.5. The second kappa shape index (κ2) is 7.54. The van der Waals surface area contributed by atoms with Gasteiger partial charge in [0.2, 0.25) is 0 Å². The van der Waals surface area contributed by atoms with Crippen LogP contribution in [0.4, 0.5) is 0 Å². The van der Waals surface area contributed by atoms with Crippen LogP contribution in [-0.2, 0) is 4.79 Å². The Morgan fingerprint density at radius 3 is 2.53 bits per heavy atom. The van der Waals surface area contributed by atoms with Crippen LogP contribution in [0.1, 0.15) is 19.3 Å². The van der Waals surface area contributed by atoms with Crippen LogP contribution >= 0.6 is 0 Å². The smallest absolute Gasteiger partial charge is 0.327 e. The Labute approximate surface area is 86.7 Å². The van der Waals surface area contributed by atoms with Gasteiger partial charge in [-0.05, 0) is 19.3 Å². The largest absolute Gasteiger partial charge is 0.480 e. The van der Waals surface area contributed by atoms with Crippen LogP contribution < -0.4 is 16.9 Å². The Morgan fingerprint density at radius 2 is 2.07 bits per heavy atom.